The molecule has 0 unspecified atom stereocenters. The van der Waals surface area contributed by atoms with Crippen LogP contribution in [-0.2, 0) is 25.0 Å². The van der Waals surface area contributed by atoms with Gasteiger partial charge in [0.15, 0.2) is 0 Å². The van der Waals surface area contributed by atoms with Crippen LogP contribution in [0.1, 0.15) is 6.42 Å². The lowest BCUT2D eigenvalue weighted by atomic mass is 10.3. The minimum atomic E-state index is -4.34. The second-order valence-corrected chi connectivity index (χ2v) is 7.12. The van der Waals surface area contributed by atoms with Crippen LogP contribution in [0.2, 0.25) is 0 Å². The molecule has 0 fully saturated rings. The Morgan fingerprint density at radius 3 is 2.14 bits per heavy atom. The number of anilines is 1. The van der Waals surface area contributed by atoms with Gasteiger partial charge in [0, 0.05) is 0 Å². The van der Waals surface area contributed by atoms with Crippen molar-refractivity contribution >= 4 is 37.5 Å². The Labute approximate surface area is 120 Å². The highest BCUT2D eigenvalue weighted by Gasteiger charge is 2.27. The number of carbonyl (C=O) groups is 1. The lowest BCUT2D eigenvalue weighted by Gasteiger charge is -2.11. The number of rotatable bonds is 4. The molecule has 0 atom stereocenters. The van der Waals surface area contributed by atoms with Crippen molar-refractivity contribution in [2.45, 2.75) is 11.3 Å². The first-order valence-corrected chi connectivity index (χ1v) is 8.53. The Balaban J connectivity index is 2.28. The Morgan fingerprint density at radius 1 is 1.10 bits per heavy atom. The molecule has 9 nitrogen and oxygen atoms in total. The predicted molar refractivity (Wildman–Crippen MR) is 72.2 cm³/mol. The molecule has 1 aromatic carbocycles. The number of benzene rings is 1. The molecule has 2 N–H and O–H groups in total. The molecule has 0 aromatic heterocycles. The first-order chi connectivity index (χ1) is 9.56. The highest BCUT2D eigenvalue weighted by Crippen LogP contribution is 2.22. The number of nitrogens with zero attached hydrogens (tertiary/aromatic N) is 2. The third-order valence-electron chi connectivity index (χ3n) is 2.56. The molecule has 0 saturated carbocycles. The molecule has 1 aliphatic heterocycles. The van der Waals surface area contributed by atoms with Crippen molar-refractivity contribution in [3.63, 3.8) is 0 Å². The van der Waals surface area contributed by atoms with Gasteiger partial charge in [0.25, 0.3) is 26.1 Å². The van der Waals surface area contributed by atoms with Gasteiger partial charge in [-0.25, -0.2) is 5.01 Å². The summed E-state index contributed by atoms with van der Waals surface area (Å²) in [4.78, 5) is 11.4. The Bertz CT molecular complexity index is 809. The minimum absolute atomic E-state index is 0.0265. The van der Waals surface area contributed by atoms with Crippen molar-refractivity contribution in [3.8, 4) is 0 Å². The van der Waals surface area contributed by atoms with E-state index in [1.54, 1.807) is 0 Å². The van der Waals surface area contributed by atoms with Crippen LogP contribution in [0.15, 0.2) is 34.3 Å². The smallest absolute Gasteiger partial charge is 0.285 e. The Morgan fingerprint density at radius 2 is 1.67 bits per heavy atom. The molecule has 1 aromatic rings. The molecule has 0 saturated heterocycles. The SMILES string of the molecule is O=C1CC(CS(=O)(=O)O)=NN1c1ccc(S(=O)(=O)O)cc1. The molecule has 0 bridgehead atoms. The van der Waals surface area contributed by atoms with Crippen molar-refractivity contribution in [1.29, 1.82) is 0 Å². The van der Waals surface area contributed by atoms with Crippen molar-refractivity contribution in [2.24, 2.45) is 5.10 Å². The van der Waals surface area contributed by atoms with Gasteiger partial charge in [-0.05, 0) is 24.3 Å². The van der Waals surface area contributed by atoms with Crippen LogP contribution < -0.4 is 5.01 Å². The van der Waals surface area contributed by atoms with E-state index >= 15 is 0 Å². The number of hydrogen-bond donors (Lipinski definition) is 2. The summed E-state index contributed by atoms with van der Waals surface area (Å²) in [5.41, 5.74) is 0.180. The zero-order valence-corrected chi connectivity index (χ0v) is 12.0. The summed E-state index contributed by atoms with van der Waals surface area (Å²) in [6.07, 6.45) is -0.264. The van der Waals surface area contributed by atoms with Crippen LogP contribution in [0.5, 0.6) is 0 Å². The van der Waals surface area contributed by atoms with Gasteiger partial charge in [0.1, 0.15) is 5.75 Å². The average Bonchev–Trinajstić information content (AvgIpc) is 2.66. The summed E-state index contributed by atoms with van der Waals surface area (Å²) < 4.78 is 60.8. The summed E-state index contributed by atoms with van der Waals surface area (Å²) in [7, 11) is -8.63. The number of hydrazone groups is 1. The van der Waals surface area contributed by atoms with Crippen LogP contribution in [0, 0.1) is 0 Å². The first-order valence-electron chi connectivity index (χ1n) is 5.48. The second kappa shape index (κ2) is 5.18. The fraction of sp³-hybridized carbons (Fsp3) is 0.200. The van der Waals surface area contributed by atoms with Crippen LogP contribution in [0.3, 0.4) is 0 Å². The highest BCUT2D eigenvalue weighted by atomic mass is 32.2. The largest absolute Gasteiger partial charge is 0.294 e. The third kappa shape index (κ3) is 3.85. The number of carbonyl (C=O) groups excluding carboxylic acids is 1. The van der Waals surface area contributed by atoms with E-state index in [4.69, 9.17) is 9.11 Å². The molecule has 1 heterocycles. The summed E-state index contributed by atoms with van der Waals surface area (Å²) in [5, 5.41) is 4.66. The van der Waals surface area contributed by atoms with Crippen LogP contribution >= 0.6 is 0 Å². The van der Waals surface area contributed by atoms with E-state index in [-0.39, 0.29) is 22.7 Å². The van der Waals surface area contributed by atoms with Crippen molar-refractivity contribution in [2.75, 3.05) is 10.8 Å². The lowest BCUT2D eigenvalue weighted by Crippen LogP contribution is -2.19. The molecule has 0 spiro atoms. The van der Waals surface area contributed by atoms with E-state index in [0.717, 1.165) is 17.1 Å². The quantitative estimate of drug-likeness (QED) is 0.733. The van der Waals surface area contributed by atoms with Gasteiger partial charge in [-0.2, -0.15) is 21.9 Å². The monoisotopic (exact) mass is 334 g/mol. The van der Waals surface area contributed by atoms with Gasteiger partial charge in [0.2, 0.25) is 0 Å². The first kappa shape index (κ1) is 15.6. The van der Waals surface area contributed by atoms with Crippen molar-refractivity contribution in [3.05, 3.63) is 24.3 Å². The molecule has 21 heavy (non-hydrogen) atoms. The van der Waals surface area contributed by atoms with Gasteiger partial charge in [0.05, 0.1) is 22.7 Å². The fourth-order valence-corrected chi connectivity index (χ4v) is 2.79. The van der Waals surface area contributed by atoms with Gasteiger partial charge >= 0.3 is 0 Å². The van der Waals surface area contributed by atoms with E-state index in [2.05, 4.69) is 5.10 Å². The topological polar surface area (TPSA) is 141 Å². The third-order valence-corrected chi connectivity index (χ3v) is 4.13. The van der Waals surface area contributed by atoms with Crippen molar-refractivity contribution in [1.82, 2.24) is 0 Å². The van der Waals surface area contributed by atoms with E-state index in [1.165, 1.54) is 12.1 Å². The lowest BCUT2D eigenvalue weighted by molar-refractivity contribution is -0.116. The molecule has 0 radical (unpaired) electrons. The van der Waals surface area contributed by atoms with Gasteiger partial charge in [-0.1, -0.05) is 0 Å². The minimum Gasteiger partial charge on any atom is -0.285 e. The number of amides is 1. The molecular formula is C10H10N2O7S2. The van der Waals surface area contributed by atoms with Crippen LogP contribution in [0.25, 0.3) is 0 Å². The maximum Gasteiger partial charge on any atom is 0.294 e. The molecular weight excluding hydrogens is 324 g/mol. The summed E-state index contributed by atoms with van der Waals surface area (Å²) in [6.45, 7) is 0. The van der Waals surface area contributed by atoms with Crippen LogP contribution in [0.4, 0.5) is 5.69 Å². The highest BCUT2D eigenvalue weighted by molar-refractivity contribution is 7.86. The molecule has 0 aliphatic carbocycles. The fourth-order valence-electron chi connectivity index (χ4n) is 1.73. The average molecular weight is 334 g/mol. The molecule has 2 rings (SSSR count). The normalized spacial score (nSPS) is 16.2. The van der Waals surface area contributed by atoms with E-state index in [0.29, 0.717) is 0 Å². The standard InChI is InChI=1S/C10H10N2O7S2/c13-10-5-7(6-20(14,15)16)11-12(10)8-1-3-9(4-2-8)21(17,18)19/h1-4H,5-6H2,(H,14,15,16)(H,17,18,19). The predicted octanol–water partition coefficient (Wildman–Crippen LogP) is -0.0862. The zero-order chi connectivity index (χ0) is 15.8. The Hall–Kier alpha value is -1.82. The number of hydrogen-bond acceptors (Lipinski definition) is 6. The van der Waals surface area contributed by atoms with E-state index in [9.17, 15) is 21.6 Å². The second-order valence-electron chi connectivity index (χ2n) is 4.24. The molecule has 11 heteroatoms. The maximum atomic E-state index is 11.7. The van der Waals surface area contributed by atoms with E-state index in [1.807, 2.05) is 0 Å². The summed E-state index contributed by atoms with van der Waals surface area (Å²) in [6, 6.07) is 4.63. The zero-order valence-electron chi connectivity index (χ0n) is 10.4. The Kier molecular flexibility index (Phi) is 3.84. The van der Waals surface area contributed by atoms with Crippen molar-refractivity contribution < 1.29 is 30.7 Å². The molecule has 1 aliphatic rings. The van der Waals surface area contributed by atoms with Gasteiger partial charge in [-0.3, -0.25) is 13.9 Å². The molecule has 1 amide bonds. The van der Waals surface area contributed by atoms with E-state index < -0.39 is 31.9 Å². The maximum absolute atomic E-state index is 11.7. The van der Waals surface area contributed by atoms with Gasteiger partial charge in [-0.15, -0.1) is 0 Å². The summed E-state index contributed by atoms with van der Waals surface area (Å²) >= 11 is 0. The summed E-state index contributed by atoms with van der Waals surface area (Å²) in [5.74, 6) is -1.27. The molecule has 114 valence electrons. The van der Waals surface area contributed by atoms with Crippen LogP contribution in [-0.4, -0.2) is 43.3 Å². The van der Waals surface area contributed by atoms with Gasteiger partial charge < -0.3 is 0 Å².